The molecule has 0 bridgehead atoms. The Morgan fingerprint density at radius 2 is 2.20 bits per heavy atom. The van der Waals surface area contributed by atoms with Gasteiger partial charge in [0.25, 0.3) is 0 Å². The highest BCUT2D eigenvalue weighted by Crippen LogP contribution is 2.23. The van der Waals surface area contributed by atoms with Crippen molar-refractivity contribution in [1.29, 1.82) is 0 Å². The standard InChI is InChI=1S/C12H13NO2/c1-3-9-7(2)13-11-5-4-8(12(14)15)6-10(9)11/h4-6,13H,3H2,1-2H3,(H,14,15). The molecule has 0 amide bonds. The molecule has 0 fully saturated rings. The number of carbonyl (C=O) groups is 1. The molecule has 1 aromatic heterocycles. The zero-order chi connectivity index (χ0) is 11.0. The number of rotatable bonds is 2. The van der Waals surface area contributed by atoms with Gasteiger partial charge < -0.3 is 10.1 Å². The first-order chi connectivity index (χ1) is 7.13. The molecule has 1 aromatic carbocycles. The Morgan fingerprint density at radius 3 is 2.80 bits per heavy atom. The third kappa shape index (κ3) is 1.50. The normalized spacial score (nSPS) is 10.8. The molecule has 0 aliphatic heterocycles. The summed E-state index contributed by atoms with van der Waals surface area (Å²) in [6.07, 6.45) is 0.912. The van der Waals surface area contributed by atoms with E-state index in [1.54, 1.807) is 12.1 Å². The number of aryl methyl sites for hydroxylation is 2. The van der Waals surface area contributed by atoms with Crippen LogP contribution in [-0.4, -0.2) is 16.1 Å². The summed E-state index contributed by atoms with van der Waals surface area (Å²) in [6, 6.07) is 5.19. The van der Waals surface area contributed by atoms with Crippen LogP contribution in [0.1, 0.15) is 28.5 Å². The second-order valence-electron chi connectivity index (χ2n) is 3.65. The van der Waals surface area contributed by atoms with Crippen molar-refractivity contribution in [3.63, 3.8) is 0 Å². The van der Waals surface area contributed by atoms with Crippen LogP contribution >= 0.6 is 0 Å². The van der Waals surface area contributed by atoms with Crippen molar-refractivity contribution < 1.29 is 9.90 Å². The summed E-state index contributed by atoms with van der Waals surface area (Å²) in [5.41, 5.74) is 3.67. The van der Waals surface area contributed by atoms with E-state index in [2.05, 4.69) is 11.9 Å². The molecule has 0 aliphatic carbocycles. The number of hydrogen-bond acceptors (Lipinski definition) is 1. The summed E-state index contributed by atoms with van der Waals surface area (Å²) < 4.78 is 0. The van der Waals surface area contributed by atoms with Crippen molar-refractivity contribution >= 4 is 16.9 Å². The molecule has 3 heteroatoms. The van der Waals surface area contributed by atoms with Gasteiger partial charge in [0.1, 0.15) is 0 Å². The quantitative estimate of drug-likeness (QED) is 0.788. The van der Waals surface area contributed by atoms with Crippen LogP contribution < -0.4 is 0 Å². The predicted molar refractivity (Wildman–Crippen MR) is 59.4 cm³/mol. The minimum Gasteiger partial charge on any atom is -0.478 e. The third-order valence-electron chi connectivity index (χ3n) is 2.72. The Hall–Kier alpha value is -1.77. The molecule has 2 rings (SSSR count). The SMILES string of the molecule is CCc1c(C)[nH]c2ccc(C(=O)O)cc12. The molecule has 2 N–H and O–H groups in total. The molecule has 78 valence electrons. The minimum absolute atomic E-state index is 0.344. The van der Waals surface area contributed by atoms with Gasteiger partial charge in [-0.05, 0) is 37.1 Å². The van der Waals surface area contributed by atoms with Crippen LogP contribution in [0.4, 0.5) is 0 Å². The lowest BCUT2D eigenvalue weighted by atomic mass is 10.1. The first kappa shape index (κ1) is 9.77. The van der Waals surface area contributed by atoms with Crippen molar-refractivity contribution in [3.05, 3.63) is 35.0 Å². The van der Waals surface area contributed by atoms with E-state index in [9.17, 15) is 4.79 Å². The van der Waals surface area contributed by atoms with E-state index < -0.39 is 5.97 Å². The molecule has 0 aliphatic rings. The zero-order valence-electron chi connectivity index (χ0n) is 8.79. The van der Waals surface area contributed by atoms with Gasteiger partial charge in [-0.25, -0.2) is 4.79 Å². The molecule has 0 radical (unpaired) electrons. The minimum atomic E-state index is -0.877. The molecule has 1 heterocycles. The second-order valence-corrected chi connectivity index (χ2v) is 3.65. The zero-order valence-corrected chi connectivity index (χ0v) is 8.79. The number of carboxylic acids is 1. The van der Waals surface area contributed by atoms with Crippen LogP contribution in [0, 0.1) is 6.92 Å². The highest BCUT2D eigenvalue weighted by molar-refractivity contribution is 5.95. The van der Waals surface area contributed by atoms with Gasteiger partial charge in [0.2, 0.25) is 0 Å². The average molecular weight is 203 g/mol. The van der Waals surface area contributed by atoms with Crippen molar-refractivity contribution in [1.82, 2.24) is 4.98 Å². The second kappa shape index (κ2) is 3.42. The van der Waals surface area contributed by atoms with Gasteiger partial charge in [0.05, 0.1) is 5.56 Å². The Balaban J connectivity index is 2.73. The summed E-state index contributed by atoms with van der Waals surface area (Å²) in [7, 11) is 0. The largest absolute Gasteiger partial charge is 0.478 e. The molecular formula is C12H13NO2. The van der Waals surface area contributed by atoms with Gasteiger partial charge in [-0.3, -0.25) is 0 Å². The van der Waals surface area contributed by atoms with Gasteiger partial charge in [-0.1, -0.05) is 6.92 Å². The van der Waals surface area contributed by atoms with Gasteiger partial charge in [-0.2, -0.15) is 0 Å². The molecule has 0 saturated carbocycles. The van der Waals surface area contributed by atoms with Crippen molar-refractivity contribution in [3.8, 4) is 0 Å². The Bertz CT molecular complexity index is 526. The lowest BCUT2D eigenvalue weighted by Gasteiger charge is -1.97. The molecular weight excluding hydrogens is 190 g/mol. The van der Waals surface area contributed by atoms with E-state index in [0.29, 0.717) is 5.56 Å². The van der Waals surface area contributed by atoms with E-state index in [-0.39, 0.29) is 0 Å². The molecule has 0 atom stereocenters. The average Bonchev–Trinajstić information content (AvgIpc) is 2.51. The van der Waals surface area contributed by atoms with E-state index in [4.69, 9.17) is 5.11 Å². The number of aromatic nitrogens is 1. The fraction of sp³-hybridized carbons (Fsp3) is 0.250. The number of H-pyrrole nitrogens is 1. The summed E-state index contributed by atoms with van der Waals surface area (Å²) in [5.74, 6) is -0.877. The van der Waals surface area contributed by atoms with Crippen LogP contribution in [-0.2, 0) is 6.42 Å². The van der Waals surface area contributed by atoms with Crippen molar-refractivity contribution in [2.75, 3.05) is 0 Å². The van der Waals surface area contributed by atoms with Gasteiger partial charge in [-0.15, -0.1) is 0 Å². The monoisotopic (exact) mass is 203 g/mol. The summed E-state index contributed by atoms with van der Waals surface area (Å²) in [6.45, 7) is 4.09. The van der Waals surface area contributed by atoms with E-state index in [1.165, 1.54) is 5.56 Å². The number of nitrogens with one attached hydrogen (secondary N) is 1. The lowest BCUT2D eigenvalue weighted by molar-refractivity contribution is 0.0697. The number of aromatic amines is 1. The molecule has 0 spiro atoms. The van der Waals surface area contributed by atoms with Crippen molar-refractivity contribution in [2.45, 2.75) is 20.3 Å². The van der Waals surface area contributed by atoms with Gasteiger partial charge in [0.15, 0.2) is 0 Å². The van der Waals surface area contributed by atoms with E-state index >= 15 is 0 Å². The molecule has 2 aromatic rings. The number of benzene rings is 1. The van der Waals surface area contributed by atoms with E-state index in [1.807, 2.05) is 13.0 Å². The fourth-order valence-electron chi connectivity index (χ4n) is 1.97. The number of aromatic carboxylic acids is 1. The van der Waals surface area contributed by atoms with Crippen LogP contribution in [0.25, 0.3) is 10.9 Å². The fourth-order valence-corrected chi connectivity index (χ4v) is 1.97. The van der Waals surface area contributed by atoms with Crippen molar-refractivity contribution in [2.24, 2.45) is 0 Å². The maximum atomic E-state index is 10.8. The maximum absolute atomic E-state index is 10.8. The maximum Gasteiger partial charge on any atom is 0.335 e. The lowest BCUT2D eigenvalue weighted by Crippen LogP contribution is -1.95. The van der Waals surface area contributed by atoms with Gasteiger partial charge >= 0.3 is 5.97 Å². The molecule has 15 heavy (non-hydrogen) atoms. The topological polar surface area (TPSA) is 53.1 Å². The molecule has 0 unspecified atom stereocenters. The Morgan fingerprint density at radius 1 is 1.47 bits per heavy atom. The van der Waals surface area contributed by atoms with Crippen LogP contribution in [0.5, 0.6) is 0 Å². The Kier molecular flexibility index (Phi) is 2.23. The van der Waals surface area contributed by atoms with Gasteiger partial charge in [0, 0.05) is 16.6 Å². The number of carboxylic acid groups (broad SMARTS) is 1. The summed E-state index contributed by atoms with van der Waals surface area (Å²) in [5, 5.41) is 9.93. The molecule has 0 saturated heterocycles. The number of hydrogen-bond donors (Lipinski definition) is 2. The van der Waals surface area contributed by atoms with Crippen LogP contribution in [0.15, 0.2) is 18.2 Å². The van der Waals surface area contributed by atoms with E-state index in [0.717, 1.165) is 23.0 Å². The summed E-state index contributed by atoms with van der Waals surface area (Å²) >= 11 is 0. The highest BCUT2D eigenvalue weighted by atomic mass is 16.4. The van der Waals surface area contributed by atoms with Crippen LogP contribution in [0.2, 0.25) is 0 Å². The first-order valence-electron chi connectivity index (χ1n) is 4.98. The third-order valence-corrected chi connectivity index (χ3v) is 2.72. The smallest absolute Gasteiger partial charge is 0.335 e. The first-order valence-corrected chi connectivity index (χ1v) is 4.98. The van der Waals surface area contributed by atoms with Crippen LogP contribution in [0.3, 0.4) is 0 Å². The highest BCUT2D eigenvalue weighted by Gasteiger charge is 2.09. The Labute approximate surface area is 87.7 Å². The summed E-state index contributed by atoms with van der Waals surface area (Å²) in [4.78, 5) is 14.1. The predicted octanol–water partition coefficient (Wildman–Crippen LogP) is 2.74. The number of fused-ring (bicyclic) bond motifs is 1. The molecule has 3 nitrogen and oxygen atoms in total.